The van der Waals surface area contributed by atoms with Gasteiger partial charge in [-0.2, -0.15) is 5.21 Å². The fourth-order valence-corrected chi connectivity index (χ4v) is 8.60. The van der Waals surface area contributed by atoms with Gasteiger partial charge in [-0.1, -0.05) is 56.5 Å². The third-order valence-corrected chi connectivity index (χ3v) is 12.9. The maximum Gasteiger partial charge on any atom is 0.326 e. The first-order valence-corrected chi connectivity index (χ1v) is 24.1. The van der Waals surface area contributed by atoms with Crippen LogP contribution in [0.5, 0.6) is 0 Å². The predicted molar refractivity (Wildman–Crippen MR) is 267 cm³/mol. The number of fused-ring (bicyclic) bond motifs is 1. The number of carbonyl (C=O) groups is 8. The van der Waals surface area contributed by atoms with Crippen molar-refractivity contribution in [3.05, 3.63) is 99.9 Å². The van der Waals surface area contributed by atoms with Gasteiger partial charge in [0.15, 0.2) is 11.6 Å². The maximum atomic E-state index is 13.6. The van der Waals surface area contributed by atoms with Crippen LogP contribution >= 0.6 is 11.6 Å². The average molecular weight is 1000 g/mol. The molecule has 0 saturated carbocycles. The molecule has 4 amide bonds. The summed E-state index contributed by atoms with van der Waals surface area (Å²) in [6.07, 6.45) is 5.05. The average Bonchev–Trinajstić information content (AvgIpc) is 4.00. The van der Waals surface area contributed by atoms with Crippen LogP contribution in [0.1, 0.15) is 116 Å². The van der Waals surface area contributed by atoms with Gasteiger partial charge in [0, 0.05) is 79.2 Å². The molecule has 0 saturated heterocycles. The molecule has 1 aliphatic rings. The highest BCUT2D eigenvalue weighted by Gasteiger charge is 2.29. The quantitative estimate of drug-likeness (QED) is 0.0202. The summed E-state index contributed by atoms with van der Waals surface area (Å²) in [5.74, 6) is -3.49. The number of hydrogen-bond acceptors (Lipinski definition) is 15. The van der Waals surface area contributed by atoms with Crippen LogP contribution < -0.4 is 21.7 Å². The Labute approximate surface area is 420 Å². The molecule has 0 spiro atoms. The summed E-state index contributed by atoms with van der Waals surface area (Å²) in [4.78, 5) is 112. The van der Waals surface area contributed by atoms with Crippen molar-refractivity contribution in [3.8, 4) is 11.4 Å². The van der Waals surface area contributed by atoms with Crippen molar-refractivity contribution in [2.45, 2.75) is 111 Å². The Morgan fingerprint density at radius 2 is 1.58 bits per heavy atom. The van der Waals surface area contributed by atoms with Gasteiger partial charge in [-0.25, -0.2) is 14.8 Å². The minimum Gasteiger partial charge on any atom is -0.480 e. The number of halogens is 1. The Hall–Kier alpha value is -7.74. The van der Waals surface area contributed by atoms with E-state index in [4.69, 9.17) is 17.3 Å². The number of unbranched alkanes of at least 4 members (excludes halogenated alkanes) is 3. The van der Waals surface area contributed by atoms with E-state index in [9.17, 15) is 43.5 Å². The van der Waals surface area contributed by atoms with E-state index in [1.807, 2.05) is 26.0 Å². The Kier molecular flexibility index (Phi) is 18.5. The number of nitrogens with zero attached hydrogens (tertiary/aromatic N) is 6. The molecule has 3 heterocycles. The number of tetrazole rings is 1. The highest BCUT2D eigenvalue weighted by Crippen LogP contribution is 2.31. The van der Waals surface area contributed by atoms with Gasteiger partial charge in [0.2, 0.25) is 11.7 Å². The van der Waals surface area contributed by atoms with Crippen LogP contribution in [0.3, 0.4) is 0 Å². The topological polar surface area (TPSA) is 302 Å². The summed E-state index contributed by atoms with van der Waals surface area (Å²) in [5.41, 5.74) is 9.57. The second-order valence-corrected chi connectivity index (χ2v) is 18.5. The normalized spacial score (nSPS) is 13.6. The lowest BCUT2D eigenvalue weighted by Crippen LogP contribution is -2.44. The van der Waals surface area contributed by atoms with Crippen LogP contribution in [0.4, 0.5) is 11.5 Å². The molecule has 7 N–H and O–H groups in total. The molecular formula is C51H58ClN11O9. The fraction of sp³-hybridized carbons (Fsp3) is 0.392. The van der Waals surface area contributed by atoms with Crippen molar-refractivity contribution in [2.75, 3.05) is 17.6 Å². The molecule has 0 fully saturated rings. The van der Waals surface area contributed by atoms with Gasteiger partial charge in [0.05, 0.1) is 22.0 Å². The molecule has 1 aliphatic heterocycles. The molecule has 6 rings (SSSR count). The van der Waals surface area contributed by atoms with Crippen LogP contribution in [0, 0.1) is 18.8 Å². The van der Waals surface area contributed by atoms with Crippen LogP contribution in [-0.4, -0.2) is 106 Å². The van der Waals surface area contributed by atoms with Crippen molar-refractivity contribution in [1.29, 1.82) is 0 Å². The van der Waals surface area contributed by atoms with Gasteiger partial charge in [0.1, 0.15) is 23.5 Å². The van der Waals surface area contributed by atoms with E-state index in [1.165, 1.54) is 12.2 Å². The van der Waals surface area contributed by atoms with E-state index in [2.05, 4.69) is 46.5 Å². The van der Waals surface area contributed by atoms with Gasteiger partial charge in [0.25, 0.3) is 17.7 Å². The van der Waals surface area contributed by atoms with E-state index >= 15 is 0 Å². The summed E-state index contributed by atoms with van der Waals surface area (Å²) < 4.78 is 0. The van der Waals surface area contributed by atoms with E-state index in [1.54, 1.807) is 56.3 Å². The zero-order valence-electron chi connectivity index (χ0n) is 40.5. The Morgan fingerprint density at radius 1 is 0.861 bits per heavy atom. The van der Waals surface area contributed by atoms with E-state index < -0.39 is 35.8 Å². The number of carbonyl (C=O) groups excluding carboxylic acids is 7. The Bertz CT molecular complexity index is 2850. The number of anilines is 2. The number of amides is 4. The number of nitrogens with one attached hydrogen (secondary N) is 4. The first-order valence-electron chi connectivity index (χ1n) is 23.8. The first kappa shape index (κ1) is 53.6. The monoisotopic (exact) mass is 1000 g/mol. The highest BCUT2D eigenvalue weighted by molar-refractivity contribution is 6.37. The molecule has 2 aromatic heterocycles. The zero-order chi connectivity index (χ0) is 52.1. The largest absolute Gasteiger partial charge is 0.480 e. The number of hydrogen-bond donors (Lipinski definition) is 6. The SMILES string of the molecule is Cc1nc(N)c2c(Cl)c(CNc3ccc(C(=O)N[C@@H](CCCCC(=O)c4ccc(CC(=O)[C@H](C)NC(=O)[C@@H](CC(=O)CCCCCN5C(=O)C=CC5=O)C(C)C)cc4-c4nn[nH]n4)C(=O)O)cc3)ccc2n1. The first-order chi connectivity index (χ1) is 34.4. The second kappa shape index (κ2) is 24.9. The molecule has 21 heteroatoms. The number of carboxylic acids is 1. The van der Waals surface area contributed by atoms with Gasteiger partial charge in [-0.3, -0.25) is 38.5 Å². The van der Waals surface area contributed by atoms with Gasteiger partial charge in [-0.15, -0.1) is 10.2 Å². The molecule has 72 heavy (non-hydrogen) atoms. The van der Waals surface area contributed by atoms with Crippen molar-refractivity contribution in [3.63, 3.8) is 0 Å². The Balaban J connectivity index is 0.958. The molecule has 0 radical (unpaired) electrons. The summed E-state index contributed by atoms with van der Waals surface area (Å²) >= 11 is 6.64. The Morgan fingerprint density at radius 3 is 2.26 bits per heavy atom. The molecule has 3 aromatic carbocycles. The maximum absolute atomic E-state index is 13.6. The predicted octanol–water partition coefficient (Wildman–Crippen LogP) is 5.93. The lowest BCUT2D eigenvalue weighted by Gasteiger charge is -2.22. The standard InChI is InChI=1S/C51H58ClN11O9/c1-28(2)37(26-35(64)10-6-5-9-23-63-43(67)21-22-44(63)68)50(70)55-29(3)42(66)25-31-13-19-36(38(24-31)48-59-61-62-60-48)41(65)12-8-7-11-40(51(71)72)58-49(69)32-14-17-34(18-15-32)54-27-33-16-20-39-45(46(33)52)47(53)57-30(4)56-39/h13-22,24,28-29,37,40,54H,5-12,23,25-27H2,1-4H3,(H,55,70)(H,58,69)(H,71,72)(H2,53,56,57)(H,59,60,61,62)/t29-,37-,40-/m0/s1. The number of benzene rings is 3. The number of aromatic nitrogens is 6. The minimum absolute atomic E-state index is 0.00617. The van der Waals surface area contributed by atoms with Gasteiger partial charge < -0.3 is 26.8 Å². The summed E-state index contributed by atoms with van der Waals surface area (Å²) in [5, 5.41) is 33.6. The lowest BCUT2D eigenvalue weighted by molar-refractivity contribution is -0.139. The van der Waals surface area contributed by atoms with Crippen LogP contribution in [-0.2, 0) is 41.7 Å². The molecule has 0 aliphatic carbocycles. The number of H-pyrrole nitrogens is 1. The summed E-state index contributed by atoms with van der Waals surface area (Å²) in [7, 11) is 0. The van der Waals surface area contributed by atoms with Gasteiger partial charge >= 0.3 is 5.97 Å². The lowest BCUT2D eigenvalue weighted by atomic mass is 9.88. The number of aliphatic carboxylic acids is 1. The molecule has 0 unspecified atom stereocenters. The van der Waals surface area contributed by atoms with Crippen molar-refractivity contribution >= 4 is 81.0 Å². The molecule has 0 bridgehead atoms. The molecule has 3 atom stereocenters. The third-order valence-electron chi connectivity index (χ3n) is 12.4. The number of nitrogen functional groups attached to an aromatic ring is 1. The number of ketones is 3. The van der Waals surface area contributed by atoms with Crippen LogP contribution in [0.15, 0.2) is 66.7 Å². The highest BCUT2D eigenvalue weighted by atomic mass is 35.5. The van der Waals surface area contributed by atoms with Crippen molar-refractivity contribution in [2.24, 2.45) is 11.8 Å². The summed E-state index contributed by atoms with van der Waals surface area (Å²) in [6, 6.07) is 12.9. The third kappa shape index (κ3) is 14.2. The molecule has 5 aromatic rings. The molecule has 378 valence electrons. The molecular weight excluding hydrogens is 946 g/mol. The zero-order valence-corrected chi connectivity index (χ0v) is 41.3. The second-order valence-electron chi connectivity index (χ2n) is 18.1. The van der Waals surface area contributed by atoms with Crippen LogP contribution in [0.2, 0.25) is 5.02 Å². The number of rotatable bonds is 27. The number of aryl methyl sites for hydroxylation is 1. The fourth-order valence-electron chi connectivity index (χ4n) is 8.28. The minimum atomic E-state index is -1.22. The van der Waals surface area contributed by atoms with Crippen molar-refractivity contribution < 1.29 is 43.5 Å². The number of Topliss-reactive ketones (excluding diaryl/α,β-unsaturated/α-hetero) is 3. The van der Waals surface area contributed by atoms with E-state index in [-0.39, 0.29) is 96.5 Å². The molecule has 20 nitrogen and oxygen atoms in total. The summed E-state index contributed by atoms with van der Waals surface area (Å²) in [6.45, 7) is 7.61. The number of nitrogens with two attached hydrogens (primary N) is 1. The smallest absolute Gasteiger partial charge is 0.326 e. The number of aromatic amines is 1. The van der Waals surface area contributed by atoms with Crippen molar-refractivity contribution in [1.82, 2.24) is 46.1 Å². The van der Waals surface area contributed by atoms with E-state index in [0.29, 0.717) is 77.2 Å². The number of carboxylic acid groups (broad SMARTS) is 1. The van der Waals surface area contributed by atoms with Gasteiger partial charge in [-0.05, 0) is 98.2 Å². The van der Waals surface area contributed by atoms with E-state index in [0.717, 1.165) is 10.5 Å². The number of imide groups is 1. The van der Waals surface area contributed by atoms with Crippen LogP contribution in [0.25, 0.3) is 22.3 Å².